The molecule has 0 saturated carbocycles. The summed E-state index contributed by atoms with van der Waals surface area (Å²) in [6, 6.07) is 6.05. The third kappa shape index (κ3) is 2.03. The fourth-order valence-corrected chi connectivity index (χ4v) is 1.97. The van der Waals surface area contributed by atoms with Crippen molar-refractivity contribution >= 4 is 5.97 Å². The summed E-state index contributed by atoms with van der Waals surface area (Å²) >= 11 is 0. The molecule has 0 radical (unpaired) electrons. The van der Waals surface area contributed by atoms with Crippen molar-refractivity contribution in [3.63, 3.8) is 0 Å². The van der Waals surface area contributed by atoms with Gasteiger partial charge in [-0.25, -0.2) is 4.79 Å². The summed E-state index contributed by atoms with van der Waals surface area (Å²) in [5, 5.41) is 0. The molecule has 0 saturated heterocycles. The van der Waals surface area contributed by atoms with Gasteiger partial charge in [0, 0.05) is 0 Å². The van der Waals surface area contributed by atoms with E-state index < -0.39 is 6.10 Å². The molecule has 0 bridgehead atoms. The van der Waals surface area contributed by atoms with Crippen molar-refractivity contribution in [3.8, 4) is 5.75 Å². The minimum Gasteiger partial charge on any atom is -0.478 e. The maximum Gasteiger partial charge on any atom is 0.347 e. The van der Waals surface area contributed by atoms with E-state index in [9.17, 15) is 4.79 Å². The van der Waals surface area contributed by atoms with E-state index in [1.807, 2.05) is 25.1 Å². The van der Waals surface area contributed by atoms with Crippen LogP contribution in [0, 0.1) is 6.92 Å². The molecule has 0 amide bonds. The lowest BCUT2D eigenvalue weighted by atomic mass is 10.00. The van der Waals surface area contributed by atoms with Crippen molar-refractivity contribution in [3.05, 3.63) is 29.3 Å². The molecule has 1 atom stereocenters. The van der Waals surface area contributed by atoms with Gasteiger partial charge in [-0.1, -0.05) is 18.2 Å². The monoisotopic (exact) mass is 220 g/mol. The molecule has 0 N–H and O–H groups in total. The Balaban J connectivity index is 2.17. The third-order valence-corrected chi connectivity index (χ3v) is 2.78. The van der Waals surface area contributed by atoms with Gasteiger partial charge in [0.15, 0.2) is 6.10 Å². The van der Waals surface area contributed by atoms with Crippen molar-refractivity contribution in [2.45, 2.75) is 32.8 Å². The molecule has 0 aromatic heterocycles. The second-order valence-corrected chi connectivity index (χ2v) is 3.96. The average molecular weight is 220 g/mol. The molecule has 0 aliphatic carbocycles. The molecule has 1 aliphatic rings. The lowest BCUT2D eigenvalue weighted by molar-refractivity contribution is -0.152. The second kappa shape index (κ2) is 4.56. The maximum absolute atomic E-state index is 11.6. The van der Waals surface area contributed by atoms with Gasteiger partial charge in [-0.2, -0.15) is 0 Å². The molecule has 16 heavy (non-hydrogen) atoms. The number of fused-ring (bicyclic) bond motifs is 1. The smallest absolute Gasteiger partial charge is 0.347 e. The topological polar surface area (TPSA) is 35.5 Å². The van der Waals surface area contributed by atoms with Gasteiger partial charge in [-0.15, -0.1) is 0 Å². The number of ether oxygens (including phenoxy) is 2. The van der Waals surface area contributed by atoms with Crippen LogP contribution in [0.1, 0.15) is 24.5 Å². The Hall–Kier alpha value is -1.51. The summed E-state index contributed by atoms with van der Waals surface area (Å²) in [5.41, 5.74) is 2.26. The highest BCUT2D eigenvalue weighted by Gasteiger charge is 2.27. The van der Waals surface area contributed by atoms with E-state index in [0.29, 0.717) is 13.0 Å². The average Bonchev–Trinajstić information content (AvgIpc) is 2.29. The van der Waals surface area contributed by atoms with Crippen LogP contribution < -0.4 is 4.74 Å². The zero-order valence-electron chi connectivity index (χ0n) is 9.66. The highest BCUT2D eigenvalue weighted by molar-refractivity contribution is 5.75. The molecule has 1 heterocycles. The van der Waals surface area contributed by atoms with Gasteiger partial charge in [0.25, 0.3) is 0 Å². The molecule has 2 rings (SSSR count). The number of carbonyl (C=O) groups is 1. The molecule has 3 heteroatoms. The molecular weight excluding hydrogens is 204 g/mol. The molecule has 3 nitrogen and oxygen atoms in total. The summed E-state index contributed by atoms with van der Waals surface area (Å²) in [5.74, 6) is 0.600. The van der Waals surface area contributed by atoms with Crippen molar-refractivity contribution in [1.29, 1.82) is 0 Å². The van der Waals surface area contributed by atoms with Gasteiger partial charge < -0.3 is 9.47 Å². The number of esters is 1. The second-order valence-electron chi connectivity index (χ2n) is 3.96. The van der Waals surface area contributed by atoms with Crippen molar-refractivity contribution < 1.29 is 14.3 Å². The maximum atomic E-state index is 11.6. The van der Waals surface area contributed by atoms with Crippen LogP contribution in [-0.4, -0.2) is 18.7 Å². The Morgan fingerprint density at radius 1 is 1.56 bits per heavy atom. The molecule has 1 aromatic carbocycles. The standard InChI is InChI=1S/C13H16O3/c1-3-15-13(14)11-8-7-10-6-4-5-9(2)12(10)16-11/h4-6,11H,3,7-8H2,1-2H3. The van der Waals surface area contributed by atoms with Gasteiger partial charge in [0.2, 0.25) is 0 Å². The Kier molecular flexibility index (Phi) is 3.13. The number of aryl methyl sites for hydroxylation is 2. The Labute approximate surface area is 95.4 Å². The van der Waals surface area contributed by atoms with Crippen LogP contribution in [0.3, 0.4) is 0 Å². The number of hydrogen-bond acceptors (Lipinski definition) is 3. The predicted octanol–water partition coefficient (Wildman–Crippen LogP) is 2.25. The highest BCUT2D eigenvalue weighted by Crippen LogP contribution is 2.31. The fraction of sp³-hybridized carbons (Fsp3) is 0.462. The minimum atomic E-state index is -0.437. The van der Waals surface area contributed by atoms with E-state index in [1.54, 1.807) is 6.92 Å². The molecular formula is C13H16O3. The quantitative estimate of drug-likeness (QED) is 0.717. The molecule has 1 aliphatic heterocycles. The van der Waals surface area contributed by atoms with E-state index in [1.165, 1.54) is 5.56 Å². The Morgan fingerprint density at radius 2 is 2.38 bits per heavy atom. The fourth-order valence-electron chi connectivity index (χ4n) is 1.97. The Morgan fingerprint density at radius 3 is 3.12 bits per heavy atom. The van der Waals surface area contributed by atoms with Gasteiger partial charge in [-0.05, 0) is 37.8 Å². The summed E-state index contributed by atoms with van der Waals surface area (Å²) < 4.78 is 10.7. The van der Waals surface area contributed by atoms with Crippen LogP contribution >= 0.6 is 0 Å². The first-order valence-corrected chi connectivity index (χ1v) is 5.64. The Bertz CT molecular complexity index is 398. The lowest BCUT2D eigenvalue weighted by Crippen LogP contribution is -2.33. The van der Waals surface area contributed by atoms with Crippen molar-refractivity contribution in [1.82, 2.24) is 0 Å². The largest absolute Gasteiger partial charge is 0.478 e. The van der Waals surface area contributed by atoms with Gasteiger partial charge >= 0.3 is 5.97 Å². The van der Waals surface area contributed by atoms with E-state index in [-0.39, 0.29) is 5.97 Å². The van der Waals surface area contributed by atoms with Crippen LogP contribution in [0.5, 0.6) is 5.75 Å². The molecule has 0 spiro atoms. The number of hydrogen-bond donors (Lipinski definition) is 0. The number of benzene rings is 1. The van der Waals surface area contributed by atoms with Gasteiger partial charge in [0.1, 0.15) is 5.75 Å². The highest BCUT2D eigenvalue weighted by atomic mass is 16.6. The minimum absolute atomic E-state index is 0.253. The van der Waals surface area contributed by atoms with Crippen LogP contribution in [0.15, 0.2) is 18.2 Å². The van der Waals surface area contributed by atoms with Crippen molar-refractivity contribution in [2.75, 3.05) is 6.61 Å². The SMILES string of the molecule is CCOC(=O)C1CCc2cccc(C)c2O1. The van der Waals surface area contributed by atoms with Crippen LogP contribution in [0.25, 0.3) is 0 Å². The summed E-state index contributed by atoms with van der Waals surface area (Å²) in [6.45, 7) is 4.20. The van der Waals surface area contributed by atoms with Gasteiger partial charge in [-0.3, -0.25) is 0 Å². The summed E-state index contributed by atoms with van der Waals surface area (Å²) in [6.07, 6.45) is 1.14. The first-order chi connectivity index (χ1) is 7.72. The van der Waals surface area contributed by atoms with E-state index in [4.69, 9.17) is 9.47 Å². The van der Waals surface area contributed by atoms with Crippen LogP contribution in [-0.2, 0) is 16.0 Å². The first kappa shape index (κ1) is 11.0. The normalized spacial score (nSPS) is 18.5. The molecule has 0 fully saturated rings. The number of carbonyl (C=O) groups excluding carboxylic acids is 1. The molecule has 86 valence electrons. The van der Waals surface area contributed by atoms with E-state index in [0.717, 1.165) is 17.7 Å². The lowest BCUT2D eigenvalue weighted by Gasteiger charge is -2.25. The van der Waals surface area contributed by atoms with Crippen LogP contribution in [0.2, 0.25) is 0 Å². The van der Waals surface area contributed by atoms with Gasteiger partial charge in [0.05, 0.1) is 6.61 Å². The first-order valence-electron chi connectivity index (χ1n) is 5.64. The third-order valence-electron chi connectivity index (χ3n) is 2.78. The number of rotatable bonds is 2. The number of para-hydroxylation sites is 1. The zero-order chi connectivity index (χ0) is 11.5. The molecule has 1 aromatic rings. The molecule has 1 unspecified atom stereocenters. The van der Waals surface area contributed by atoms with E-state index in [2.05, 4.69) is 0 Å². The van der Waals surface area contributed by atoms with Crippen LogP contribution in [0.4, 0.5) is 0 Å². The summed E-state index contributed by atoms with van der Waals surface area (Å²) in [7, 11) is 0. The van der Waals surface area contributed by atoms with Crippen molar-refractivity contribution in [2.24, 2.45) is 0 Å². The predicted molar refractivity (Wildman–Crippen MR) is 60.5 cm³/mol. The summed E-state index contributed by atoms with van der Waals surface area (Å²) in [4.78, 5) is 11.6. The van der Waals surface area contributed by atoms with E-state index >= 15 is 0 Å². The zero-order valence-corrected chi connectivity index (χ0v) is 9.66.